The number of anilines is 1. The molecule has 2 aromatic heterocycles. The molecule has 0 radical (unpaired) electrons. The normalized spacial score (nSPS) is 18.5. The van der Waals surface area contributed by atoms with E-state index in [4.69, 9.17) is 9.15 Å². The number of pyridine rings is 1. The monoisotopic (exact) mass is 747 g/mol. The Hall–Kier alpha value is -5.43. The lowest BCUT2D eigenvalue weighted by Crippen LogP contribution is -2.40. The third-order valence-corrected chi connectivity index (χ3v) is 10.9. The van der Waals surface area contributed by atoms with Crippen molar-refractivity contribution < 1.29 is 29.0 Å². The summed E-state index contributed by atoms with van der Waals surface area (Å²) in [5.74, 6) is 1.17. The minimum absolute atomic E-state index is 0.0626. The zero-order valence-corrected chi connectivity index (χ0v) is 30.8. The van der Waals surface area contributed by atoms with E-state index in [1.54, 1.807) is 24.3 Å². The average Bonchev–Trinajstić information content (AvgIpc) is 3.68. The van der Waals surface area contributed by atoms with Gasteiger partial charge in [-0.1, -0.05) is 54.6 Å². The summed E-state index contributed by atoms with van der Waals surface area (Å²) in [4.78, 5) is 42.6. The molecule has 3 aromatic carbocycles. The van der Waals surface area contributed by atoms with E-state index in [1.807, 2.05) is 54.6 Å². The van der Waals surface area contributed by atoms with Crippen molar-refractivity contribution in [3.05, 3.63) is 118 Å². The van der Waals surface area contributed by atoms with Crippen LogP contribution in [0.2, 0.25) is 0 Å². The van der Waals surface area contributed by atoms with Gasteiger partial charge in [-0.25, -0.2) is 4.79 Å². The van der Waals surface area contributed by atoms with Crippen LogP contribution in [0.15, 0.2) is 100 Å². The molecule has 12 heteroatoms. The van der Waals surface area contributed by atoms with Gasteiger partial charge in [0.2, 0.25) is 5.56 Å². The lowest BCUT2D eigenvalue weighted by molar-refractivity contribution is 0.0563. The van der Waals surface area contributed by atoms with Crippen LogP contribution in [0.3, 0.4) is 0 Å². The predicted octanol–water partition coefficient (Wildman–Crippen LogP) is 6.71. The Bertz CT molecular complexity index is 2120. The Balaban J connectivity index is 0.775. The molecule has 1 atom stereocenters. The molecule has 2 amide bonds. The zero-order chi connectivity index (χ0) is 38.1. The van der Waals surface area contributed by atoms with Crippen LogP contribution in [0, 0.1) is 5.92 Å². The summed E-state index contributed by atoms with van der Waals surface area (Å²) in [7, 11) is 0. The number of likely N-dealkylation sites (tertiary alicyclic amines) is 1. The van der Waals surface area contributed by atoms with Gasteiger partial charge in [0.15, 0.2) is 5.76 Å². The minimum atomic E-state index is -0.899. The number of nitrogens with zero attached hydrogens (tertiary/aromatic N) is 1. The molecule has 288 valence electrons. The first-order chi connectivity index (χ1) is 26.8. The van der Waals surface area contributed by atoms with Gasteiger partial charge in [0.25, 0.3) is 5.91 Å². The number of rotatable bonds is 13. The number of furan rings is 1. The molecule has 1 aliphatic heterocycles. The molecule has 2 aliphatic rings. The quantitative estimate of drug-likeness (QED) is 0.0767. The molecule has 0 spiro atoms. The molecule has 0 unspecified atom stereocenters. The summed E-state index contributed by atoms with van der Waals surface area (Å²) in [6.45, 7) is 3.35. The van der Waals surface area contributed by atoms with Gasteiger partial charge in [-0.3, -0.25) is 14.9 Å². The van der Waals surface area contributed by atoms with Crippen molar-refractivity contribution in [1.82, 2.24) is 20.5 Å². The second-order valence-corrected chi connectivity index (χ2v) is 14.7. The largest absolute Gasteiger partial charge is 0.506 e. The SMILES string of the molecule is O=C(Nc1ccccc1-c1ccccc1)OC1CCN(CCC2CCC(NC(=O)c3ccc(CNC[C@@H](O)c4ccc(O)c5[nH]c(=O)ccc45)o3)CC2)CC1. The van der Waals surface area contributed by atoms with Gasteiger partial charge in [0.1, 0.15) is 17.6 Å². The average molecular weight is 748 g/mol. The van der Waals surface area contributed by atoms with Crippen molar-refractivity contribution in [1.29, 1.82) is 0 Å². The van der Waals surface area contributed by atoms with Gasteiger partial charge < -0.3 is 39.9 Å². The van der Waals surface area contributed by atoms with Gasteiger partial charge in [-0.15, -0.1) is 0 Å². The molecule has 2 fully saturated rings. The molecule has 12 nitrogen and oxygen atoms in total. The summed E-state index contributed by atoms with van der Waals surface area (Å²) in [6.07, 6.45) is 5.35. The summed E-state index contributed by atoms with van der Waals surface area (Å²) in [6, 6.07) is 27.3. The number of nitrogens with one attached hydrogen (secondary N) is 4. The summed E-state index contributed by atoms with van der Waals surface area (Å²) >= 11 is 0. The van der Waals surface area contributed by atoms with E-state index in [2.05, 4.69) is 25.8 Å². The fourth-order valence-electron chi connectivity index (χ4n) is 7.81. The second-order valence-electron chi connectivity index (χ2n) is 14.7. The number of carbonyl (C=O) groups is 2. The summed E-state index contributed by atoms with van der Waals surface area (Å²) < 4.78 is 11.6. The first-order valence-electron chi connectivity index (χ1n) is 19.3. The van der Waals surface area contributed by atoms with Gasteiger partial charge in [-0.2, -0.15) is 0 Å². The molecule has 6 N–H and O–H groups in total. The Labute approximate surface area is 319 Å². The number of benzene rings is 3. The summed E-state index contributed by atoms with van der Waals surface area (Å²) in [5.41, 5.74) is 3.25. The molecule has 0 bridgehead atoms. The van der Waals surface area contributed by atoms with E-state index >= 15 is 0 Å². The van der Waals surface area contributed by atoms with Crippen molar-refractivity contribution in [3.8, 4) is 16.9 Å². The number of fused-ring (bicyclic) bond motifs is 1. The van der Waals surface area contributed by atoms with Crippen LogP contribution in [-0.2, 0) is 11.3 Å². The summed E-state index contributed by atoms with van der Waals surface area (Å²) in [5, 5.41) is 30.7. The van der Waals surface area contributed by atoms with Crippen LogP contribution < -0.4 is 21.5 Å². The topological polar surface area (TPSA) is 169 Å². The van der Waals surface area contributed by atoms with Crippen molar-refractivity contribution in [2.75, 3.05) is 31.5 Å². The van der Waals surface area contributed by atoms with Crippen molar-refractivity contribution in [2.24, 2.45) is 5.92 Å². The number of ether oxygens (including phenoxy) is 1. The number of piperidine rings is 1. The number of aliphatic hydroxyl groups is 1. The Morgan fingerprint density at radius 3 is 2.45 bits per heavy atom. The van der Waals surface area contributed by atoms with E-state index in [0.29, 0.717) is 29.2 Å². The highest BCUT2D eigenvalue weighted by molar-refractivity contribution is 5.92. The van der Waals surface area contributed by atoms with Crippen molar-refractivity contribution >= 4 is 28.6 Å². The number of phenolic OH excluding ortho intramolecular Hbond substituents is 1. The van der Waals surface area contributed by atoms with Crippen LogP contribution in [0.25, 0.3) is 22.0 Å². The molecule has 5 aromatic rings. The lowest BCUT2D eigenvalue weighted by Gasteiger charge is -2.34. The number of aromatic hydroxyl groups is 1. The third kappa shape index (κ3) is 9.82. The molecule has 1 saturated heterocycles. The van der Waals surface area contributed by atoms with Crippen LogP contribution in [-0.4, -0.2) is 70.4 Å². The van der Waals surface area contributed by atoms with Crippen LogP contribution >= 0.6 is 0 Å². The highest BCUT2D eigenvalue weighted by atomic mass is 16.6. The second kappa shape index (κ2) is 17.8. The number of phenols is 1. The van der Waals surface area contributed by atoms with Crippen LogP contribution in [0.4, 0.5) is 10.5 Å². The number of H-pyrrole nitrogens is 1. The molecular formula is C43H49N5O7. The van der Waals surface area contributed by atoms with Crippen molar-refractivity contribution in [2.45, 2.75) is 69.7 Å². The maximum absolute atomic E-state index is 13.0. The number of aromatic nitrogens is 1. The van der Waals surface area contributed by atoms with Crippen LogP contribution in [0.5, 0.6) is 5.75 Å². The molecule has 1 saturated carbocycles. The van der Waals surface area contributed by atoms with Crippen LogP contribution in [0.1, 0.15) is 72.9 Å². The number of carbonyl (C=O) groups excluding carboxylic acids is 2. The number of para-hydroxylation sites is 1. The fourth-order valence-corrected chi connectivity index (χ4v) is 7.81. The van der Waals surface area contributed by atoms with E-state index in [-0.39, 0.29) is 47.2 Å². The van der Waals surface area contributed by atoms with Crippen molar-refractivity contribution in [3.63, 3.8) is 0 Å². The zero-order valence-electron chi connectivity index (χ0n) is 30.8. The van der Waals surface area contributed by atoms with Gasteiger partial charge >= 0.3 is 6.09 Å². The Morgan fingerprint density at radius 2 is 1.65 bits per heavy atom. The maximum atomic E-state index is 13.0. The Morgan fingerprint density at radius 1 is 0.891 bits per heavy atom. The Kier molecular flexibility index (Phi) is 12.3. The lowest BCUT2D eigenvalue weighted by atomic mass is 9.84. The van der Waals surface area contributed by atoms with E-state index < -0.39 is 12.2 Å². The molecular weight excluding hydrogens is 699 g/mol. The number of aromatic amines is 1. The predicted molar refractivity (Wildman–Crippen MR) is 211 cm³/mol. The first-order valence-corrected chi connectivity index (χ1v) is 19.3. The maximum Gasteiger partial charge on any atom is 0.411 e. The molecule has 3 heterocycles. The van der Waals surface area contributed by atoms with E-state index in [1.165, 1.54) is 12.1 Å². The molecule has 1 aliphatic carbocycles. The number of amides is 2. The number of aliphatic hydroxyl groups excluding tert-OH is 1. The minimum Gasteiger partial charge on any atom is -0.506 e. The van der Waals surface area contributed by atoms with E-state index in [9.17, 15) is 24.6 Å². The highest BCUT2D eigenvalue weighted by Crippen LogP contribution is 2.31. The highest BCUT2D eigenvalue weighted by Gasteiger charge is 2.27. The fraction of sp³-hybridized carbons (Fsp3) is 0.372. The smallest absolute Gasteiger partial charge is 0.411 e. The van der Waals surface area contributed by atoms with Gasteiger partial charge in [0, 0.05) is 42.7 Å². The molecule has 7 rings (SSSR count). The van der Waals surface area contributed by atoms with E-state index in [0.717, 1.165) is 81.4 Å². The first kappa shape index (κ1) is 37.9. The standard InChI is InChI=1S/C43H49N5O7/c49-37-17-15-34(35-16-19-40(51)47-41(35)37)38(50)27-44-26-32-14-18-39(54-32)42(52)45-30-12-10-28(11-13-30)20-23-48-24-21-31(22-25-48)55-43(53)46-36-9-5-4-8-33(36)29-6-2-1-3-7-29/h1-9,14-19,28,30-31,38,44,49-50H,10-13,20-27H2,(H,45,52)(H,46,53)(H,47,51)/t28?,30?,38-/m1/s1. The van der Waals surface area contributed by atoms with Gasteiger partial charge in [0.05, 0.1) is 23.9 Å². The number of hydrogen-bond donors (Lipinski definition) is 6. The van der Waals surface area contributed by atoms with Gasteiger partial charge in [-0.05, 0) is 98.9 Å². The third-order valence-electron chi connectivity index (χ3n) is 10.9. The molecule has 55 heavy (non-hydrogen) atoms. The number of hydrogen-bond acceptors (Lipinski definition) is 9.